The summed E-state index contributed by atoms with van der Waals surface area (Å²) >= 11 is 0. The zero-order valence-corrected chi connectivity index (χ0v) is 6.73. The Labute approximate surface area is 74.5 Å². The lowest BCUT2D eigenvalue weighted by Gasteiger charge is -1.98. The molecule has 0 bridgehead atoms. The standard InChI is InChI=1S/C9H7NO3/c1-6(9(12)13)8-4-2-3-7(5-11)10-8/h2-5H,1H2,(H,12,13). The molecule has 0 saturated carbocycles. The van der Waals surface area contributed by atoms with E-state index in [-0.39, 0.29) is 17.0 Å². The van der Waals surface area contributed by atoms with Crippen molar-refractivity contribution in [3.63, 3.8) is 0 Å². The van der Waals surface area contributed by atoms with E-state index < -0.39 is 5.97 Å². The summed E-state index contributed by atoms with van der Waals surface area (Å²) in [6.07, 6.45) is 0.554. The Morgan fingerprint density at radius 2 is 2.23 bits per heavy atom. The van der Waals surface area contributed by atoms with Gasteiger partial charge >= 0.3 is 5.97 Å². The first kappa shape index (κ1) is 9.12. The number of pyridine rings is 1. The quantitative estimate of drug-likeness (QED) is 0.552. The maximum Gasteiger partial charge on any atom is 0.337 e. The molecule has 13 heavy (non-hydrogen) atoms. The maximum atomic E-state index is 10.5. The average Bonchev–Trinajstić information content (AvgIpc) is 2.16. The summed E-state index contributed by atoms with van der Waals surface area (Å²) in [5.41, 5.74) is 0.278. The van der Waals surface area contributed by atoms with Gasteiger partial charge in [-0.15, -0.1) is 0 Å². The van der Waals surface area contributed by atoms with E-state index in [4.69, 9.17) is 5.11 Å². The predicted octanol–water partition coefficient (Wildman–Crippen LogP) is 0.992. The topological polar surface area (TPSA) is 67.3 Å². The van der Waals surface area contributed by atoms with E-state index in [1.54, 1.807) is 6.07 Å². The van der Waals surface area contributed by atoms with Crippen molar-refractivity contribution in [2.75, 3.05) is 0 Å². The number of carboxylic acids is 1. The SMILES string of the molecule is C=C(C(=O)O)c1cccc(C=O)n1. The van der Waals surface area contributed by atoms with Gasteiger partial charge in [0.15, 0.2) is 6.29 Å². The molecule has 1 heterocycles. The molecule has 0 radical (unpaired) electrons. The molecule has 0 amide bonds. The van der Waals surface area contributed by atoms with Crippen molar-refractivity contribution in [3.05, 3.63) is 36.2 Å². The number of carbonyl (C=O) groups is 2. The van der Waals surface area contributed by atoms with Crippen LogP contribution in [-0.2, 0) is 4.79 Å². The molecule has 4 nitrogen and oxygen atoms in total. The summed E-state index contributed by atoms with van der Waals surface area (Å²) in [5, 5.41) is 8.57. The Hall–Kier alpha value is -1.97. The lowest BCUT2D eigenvalue weighted by atomic mass is 10.2. The number of nitrogens with zero attached hydrogens (tertiary/aromatic N) is 1. The Kier molecular flexibility index (Phi) is 2.54. The van der Waals surface area contributed by atoms with Crippen molar-refractivity contribution in [1.82, 2.24) is 4.98 Å². The van der Waals surface area contributed by atoms with Crippen LogP contribution in [0.1, 0.15) is 16.2 Å². The molecule has 1 aromatic rings. The fraction of sp³-hybridized carbons (Fsp3) is 0. The van der Waals surface area contributed by atoms with Crippen LogP contribution in [0.2, 0.25) is 0 Å². The second-order valence-corrected chi connectivity index (χ2v) is 2.35. The molecule has 0 aliphatic heterocycles. The van der Waals surface area contributed by atoms with Gasteiger partial charge < -0.3 is 5.11 Å². The molecular formula is C9H7NO3. The van der Waals surface area contributed by atoms with Crippen LogP contribution in [0, 0.1) is 0 Å². The number of hydrogen-bond acceptors (Lipinski definition) is 3. The first-order valence-corrected chi connectivity index (χ1v) is 3.50. The first-order chi connectivity index (χ1) is 6.15. The van der Waals surface area contributed by atoms with Crippen LogP contribution in [-0.4, -0.2) is 22.3 Å². The van der Waals surface area contributed by atoms with Crippen molar-refractivity contribution in [1.29, 1.82) is 0 Å². The lowest BCUT2D eigenvalue weighted by molar-refractivity contribution is -0.130. The van der Waals surface area contributed by atoms with Crippen LogP contribution in [0.3, 0.4) is 0 Å². The van der Waals surface area contributed by atoms with E-state index in [1.807, 2.05) is 0 Å². The summed E-state index contributed by atoms with van der Waals surface area (Å²) < 4.78 is 0. The van der Waals surface area contributed by atoms with Crippen molar-refractivity contribution in [2.45, 2.75) is 0 Å². The third-order valence-electron chi connectivity index (χ3n) is 1.46. The van der Waals surface area contributed by atoms with Crippen molar-refractivity contribution < 1.29 is 14.7 Å². The Balaban J connectivity index is 3.08. The molecule has 0 spiro atoms. The van der Waals surface area contributed by atoms with Crippen LogP contribution >= 0.6 is 0 Å². The first-order valence-electron chi connectivity index (χ1n) is 3.50. The molecule has 1 rings (SSSR count). The number of aldehydes is 1. The van der Waals surface area contributed by atoms with E-state index in [0.717, 1.165) is 0 Å². The van der Waals surface area contributed by atoms with Gasteiger partial charge in [-0.25, -0.2) is 9.78 Å². The van der Waals surface area contributed by atoms with Gasteiger partial charge in [-0.3, -0.25) is 4.79 Å². The van der Waals surface area contributed by atoms with Crippen LogP contribution < -0.4 is 0 Å². The molecule has 0 atom stereocenters. The molecule has 4 heteroatoms. The van der Waals surface area contributed by atoms with Crippen LogP contribution in [0.15, 0.2) is 24.8 Å². The molecular weight excluding hydrogens is 170 g/mol. The number of hydrogen-bond donors (Lipinski definition) is 1. The van der Waals surface area contributed by atoms with Gasteiger partial charge in [0.25, 0.3) is 0 Å². The molecule has 0 saturated heterocycles. The molecule has 0 aliphatic carbocycles. The van der Waals surface area contributed by atoms with E-state index in [9.17, 15) is 9.59 Å². The number of carboxylic acid groups (broad SMARTS) is 1. The second-order valence-electron chi connectivity index (χ2n) is 2.35. The van der Waals surface area contributed by atoms with E-state index >= 15 is 0 Å². The minimum absolute atomic E-state index is 0.122. The zero-order chi connectivity index (χ0) is 9.84. The van der Waals surface area contributed by atoms with Gasteiger partial charge in [-0.1, -0.05) is 12.6 Å². The fourth-order valence-electron chi connectivity index (χ4n) is 0.795. The minimum atomic E-state index is -1.14. The summed E-state index contributed by atoms with van der Waals surface area (Å²) in [6.45, 7) is 3.32. The van der Waals surface area contributed by atoms with Crippen LogP contribution in [0.4, 0.5) is 0 Å². The Morgan fingerprint density at radius 3 is 2.77 bits per heavy atom. The van der Waals surface area contributed by atoms with Crippen molar-refractivity contribution in [2.24, 2.45) is 0 Å². The molecule has 0 aliphatic rings. The number of aliphatic carboxylic acids is 1. The third-order valence-corrected chi connectivity index (χ3v) is 1.46. The monoisotopic (exact) mass is 177 g/mol. The highest BCUT2D eigenvalue weighted by molar-refractivity contribution is 6.13. The van der Waals surface area contributed by atoms with E-state index in [2.05, 4.69) is 11.6 Å². The normalized spacial score (nSPS) is 9.23. The van der Waals surface area contributed by atoms with Crippen molar-refractivity contribution >= 4 is 17.8 Å². The number of carbonyl (C=O) groups excluding carboxylic acids is 1. The molecule has 0 aromatic carbocycles. The maximum absolute atomic E-state index is 10.5. The molecule has 66 valence electrons. The number of aromatic nitrogens is 1. The molecule has 0 unspecified atom stereocenters. The highest BCUT2D eigenvalue weighted by atomic mass is 16.4. The molecule has 1 N–H and O–H groups in total. The summed E-state index contributed by atoms with van der Waals surface area (Å²) in [6, 6.07) is 4.54. The largest absolute Gasteiger partial charge is 0.478 e. The predicted molar refractivity (Wildman–Crippen MR) is 46.3 cm³/mol. The smallest absolute Gasteiger partial charge is 0.337 e. The van der Waals surface area contributed by atoms with Gasteiger partial charge in [0.2, 0.25) is 0 Å². The summed E-state index contributed by atoms with van der Waals surface area (Å²) in [5.74, 6) is -1.14. The molecule has 0 fully saturated rings. The highest BCUT2D eigenvalue weighted by Crippen LogP contribution is 2.09. The Bertz CT molecular complexity index is 371. The van der Waals surface area contributed by atoms with Crippen LogP contribution in [0.5, 0.6) is 0 Å². The van der Waals surface area contributed by atoms with Crippen molar-refractivity contribution in [3.8, 4) is 0 Å². The number of rotatable bonds is 3. The second kappa shape index (κ2) is 3.62. The van der Waals surface area contributed by atoms with Crippen LogP contribution in [0.25, 0.3) is 5.57 Å². The summed E-state index contributed by atoms with van der Waals surface area (Å²) in [4.78, 5) is 24.5. The van der Waals surface area contributed by atoms with E-state index in [0.29, 0.717) is 6.29 Å². The van der Waals surface area contributed by atoms with Gasteiger partial charge in [-0.05, 0) is 12.1 Å². The minimum Gasteiger partial charge on any atom is -0.478 e. The fourth-order valence-corrected chi connectivity index (χ4v) is 0.795. The Morgan fingerprint density at radius 1 is 1.54 bits per heavy atom. The third kappa shape index (κ3) is 1.99. The highest BCUT2D eigenvalue weighted by Gasteiger charge is 2.08. The van der Waals surface area contributed by atoms with Gasteiger partial charge in [0.1, 0.15) is 5.69 Å². The lowest BCUT2D eigenvalue weighted by Crippen LogP contribution is -2.01. The summed E-state index contributed by atoms with van der Waals surface area (Å²) in [7, 11) is 0. The van der Waals surface area contributed by atoms with Gasteiger partial charge in [-0.2, -0.15) is 0 Å². The molecule has 1 aromatic heterocycles. The van der Waals surface area contributed by atoms with Gasteiger partial charge in [0, 0.05) is 0 Å². The zero-order valence-electron chi connectivity index (χ0n) is 6.73. The van der Waals surface area contributed by atoms with Gasteiger partial charge in [0.05, 0.1) is 11.3 Å². The average molecular weight is 177 g/mol. The van der Waals surface area contributed by atoms with E-state index in [1.165, 1.54) is 12.1 Å².